The van der Waals surface area contributed by atoms with E-state index in [1.54, 1.807) is 24.3 Å². The Morgan fingerprint density at radius 3 is 2.41 bits per heavy atom. The van der Waals surface area contributed by atoms with Gasteiger partial charge in [-0.25, -0.2) is 18.2 Å². The summed E-state index contributed by atoms with van der Waals surface area (Å²) < 4.78 is 43.9. The number of anilines is 1. The maximum Gasteiger partial charge on any atom is 0.260 e. The fraction of sp³-hybridized carbons (Fsp3) is 0.192. The van der Waals surface area contributed by atoms with Crippen molar-refractivity contribution in [2.75, 3.05) is 30.3 Å². The second-order valence-corrected chi connectivity index (χ2v) is 9.89. The molecule has 194 valence electrons. The van der Waals surface area contributed by atoms with Crippen molar-refractivity contribution in [2.24, 2.45) is 5.10 Å². The highest BCUT2D eigenvalue weighted by Gasteiger charge is 2.21. The average molecular weight is 527 g/mol. The van der Waals surface area contributed by atoms with Crippen LogP contribution < -0.4 is 19.8 Å². The molecule has 11 heteroatoms. The molecule has 0 fully saturated rings. The lowest BCUT2D eigenvalue weighted by molar-refractivity contribution is -0.123. The second kappa shape index (κ2) is 13.2. The lowest BCUT2D eigenvalue weighted by atomic mass is 10.1. The smallest absolute Gasteiger partial charge is 0.260 e. The molecule has 0 bridgehead atoms. The van der Waals surface area contributed by atoms with Gasteiger partial charge in [-0.15, -0.1) is 0 Å². The second-order valence-electron chi connectivity index (χ2n) is 7.99. The van der Waals surface area contributed by atoms with Crippen molar-refractivity contribution in [2.45, 2.75) is 6.42 Å². The van der Waals surface area contributed by atoms with Crippen LogP contribution in [0, 0.1) is 5.82 Å². The van der Waals surface area contributed by atoms with E-state index in [1.165, 1.54) is 24.4 Å². The molecule has 2 N–H and O–H groups in total. The van der Waals surface area contributed by atoms with E-state index in [4.69, 9.17) is 4.74 Å². The van der Waals surface area contributed by atoms with E-state index in [1.807, 2.05) is 30.3 Å². The number of carbonyl (C=O) groups is 2. The van der Waals surface area contributed by atoms with Crippen molar-refractivity contribution >= 4 is 33.7 Å². The van der Waals surface area contributed by atoms with Gasteiger partial charge in [-0.2, -0.15) is 5.10 Å². The summed E-state index contributed by atoms with van der Waals surface area (Å²) in [7, 11) is -3.83. The predicted octanol–water partition coefficient (Wildman–Crippen LogP) is 2.48. The molecule has 0 aromatic heterocycles. The van der Waals surface area contributed by atoms with Crippen LogP contribution in [0.3, 0.4) is 0 Å². The van der Waals surface area contributed by atoms with Crippen LogP contribution in [-0.4, -0.2) is 52.4 Å². The SMILES string of the molecule is CS(=O)(=O)N(CC(=O)N/N=C\c1ccc(OCC(=O)NCCc2ccccc2)cc1)c1cccc(F)c1. The standard InChI is InChI=1S/C26H27FN4O5S/c1-37(34,35)31(23-9-5-8-22(27)16-23)18-25(32)30-29-17-21-10-12-24(13-11-21)36-19-26(33)28-15-14-20-6-3-2-4-7-20/h2-13,16-17H,14-15,18-19H2,1H3,(H,28,33)(H,30,32)/b29-17-. The van der Waals surface area contributed by atoms with Crippen molar-refractivity contribution in [3.05, 3.63) is 95.8 Å². The van der Waals surface area contributed by atoms with Crippen LogP contribution in [0.2, 0.25) is 0 Å². The minimum atomic E-state index is -3.83. The van der Waals surface area contributed by atoms with Gasteiger partial charge in [0.05, 0.1) is 18.2 Å². The quantitative estimate of drug-likeness (QED) is 0.278. The van der Waals surface area contributed by atoms with Gasteiger partial charge in [0.1, 0.15) is 18.1 Å². The number of hydrogen-bond donors (Lipinski definition) is 2. The van der Waals surface area contributed by atoms with Gasteiger partial charge in [-0.05, 0) is 60.0 Å². The van der Waals surface area contributed by atoms with E-state index in [9.17, 15) is 22.4 Å². The van der Waals surface area contributed by atoms with Crippen molar-refractivity contribution in [1.29, 1.82) is 0 Å². The van der Waals surface area contributed by atoms with Gasteiger partial charge in [-0.3, -0.25) is 13.9 Å². The van der Waals surface area contributed by atoms with Crippen molar-refractivity contribution < 1.29 is 27.1 Å². The molecule has 37 heavy (non-hydrogen) atoms. The molecule has 3 aromatic rings. The highest BCUT2D eigenvalue weighted by atomic mass is 32.2. The van der Waals surface area contributed by atoms with Crippen LogP contribution >= 0.6 is 0 Å². The summed E-state index contributed by atoms with van der Waals surface area (Å²) in [6.45, 7) is -0.183. The molecule has 0 radical (unpaired) electrons. The third-order valence-corrected chi connectivity index (χ3v) is 6.16. The van der Waals surface area contributed by atoms with E-state index >= 15 is 0 Å². The molecule has 0 saturated carbocycles. The Balaban J connectivity index is 1.43. The summed E-state index contributed by atoms with van der Waals surface area (Å²) in [5.41, 5.74) is 4.05. The van der Waals surface area contributed by atoms with E-state index in [2.05, 4.69) is 15.8 Å². The highest BCUT2D eigenvalue weighted by molar-refractivity contribution is 7.92. The first kappa shape index (κ1) is 27.3. The number of rotatable bonds is 12. The van der Waals surface area contributed by atoms with Crippen LogP contribution in [0.4, 0.5) is 10.1 Å². The van der Waals surface area contributed by atoms with Gasteiger partial charge in [0.25, 0.3) is 11.8 Å². The van der Waals surface area contributed by atoms with Crippen LogP contribution in [0.5, 0.6) is 5.75 Å². The first-order chi connectivity index (χ1) is 17.7. The fourth-order valence-electron chi connectivity index (χ4n) is 3.22. The Labute approximate surface area is 215 Å². The van der Waals surface area contributed by atoms with E-state index in [0.29, 0.717) is 17.9 Å². The Hall–Kier alpha value is -4.25. The number of nitrogens with zero attached hydrogens (tertiary/aromatic N) is 2. The van der Waals surface area contributed by atoms with Gasteiger partial charge in [0.2, 0.25) is 10.0 Å². The first-order valence-electron chi connectivity index (χ1n) is 11.3. The molecule has 0 spiro atoms. The minimum absolute atomic E-state index is 0.0297. The monoisotopic (exact) mass is 526 g/mol. The number of carbonyl (C=O) groups excluding carboxylic acids is 2. The van der Waals surface area contributed by atoms with Crippen LogP contribution in [-0.2, 0) is 26.0 Å². The zero-order valence-corrected chi connectivity index (χ0v) is 20.9. The predicted molar refractivity (Wildman–Crippen MR) is 139 cm³/mol. The van der Waals surface area contributed by atoms with Crippen LogP contribution in [0.1, 0.15) is 11.1 Å². The topological polar surface area (TPSA) is 117 Å². The lowest BCUT2D eigenvalue weighted by Crippen LogP contribution is -2.39. The third-order valence-electron chi connectivity index (χ3n) is 5.02. The Kier molecular flexibility index (Phi) is 9.73. The molecular formula is C26H27FN4O5S. The molecule has 0 aliphatic heterocycles. The molecule has 3 rings (SSSR count). The molecule has 3 aromatic carbocycles. The third kappa shape index (κ3) is 9.37. The van der Waals surface area contributed by atoms with E-state index in [-0.39, 0.29) is 18.2 Å². The summed E-state index contributed by atoms with van der Waals surface area (Å²) in [6.07, 6.45) is 3.02. The maximum atomic E-state index is 13.5. The Bertz CT molecular complexity index is 1330. The van der Waals surface area contributed by atoms with E-state index < -0.39 is 28.3 Å². The fourth-order valence-corrected chi connectivity index (χ4v) is 4.07. The molecule has 0 unspecified atom stereocenters. The molecule has 0 aliphatic rings. The van der Waals surface area contributed by atoms with Crippen molar-refractivity contribution in [3.63, 3.8) is 0 Å². The minimum Gasteiger partial charge on any atom is -0.484 e. The molecular weight excluding hydrogens is 499 g/mol. The van der Waals surface area contributed by atoms with Crippen LogP contribution in [0.25, 0.3) is 0 Å². The Morgan fingerprint density at radius 1 is 1.00 bits per heavy atom. The van der Waals surface area contributed by atoms with Crippen LogP contribution in [0.15, 0.2) is 84.0 Å². The number of nitrogens with one attached hydrogen (secondary N) is 2. The summed E-state index contributed by atoms with van der Waals surface area (Å²) >= 11 is 0. The normalized spacial score (nSPS) is 11.2. The number of amides is 2. The van der Waals surface area contributed by atoms with Crippen molar-refractivity contribution in [3.8, 4) is 5.75 Å². The van der Waals surface area contributed by atoms with Crippen molar-refractivity contribution in [1.82, 2.24) is 10.7 Å². The zero-order chi connectivity index (χ0) is 26.7. The van der Waals surface area contributed by atoms with Gasteiger partial charge >= 0.3 is 0 Å². The summed E-state index contributed by atoms with van der Waals surface area (Å²) in [6, 6.07) is 21.4. The largest absolute Gasteiger partial charge is 0.484 e. The number of benzene rings is 3. The van der Waals surface area contributed by atoms with Gasteiger partial charge in [0.15, 0.2) is 6.61 Å². The maximum absolute atomic E-state index is 13.5. The zero-order valence-electron chi connectivity index (χ0n) is 20.1. The van der Waals surface area contributed by atoms with Gasteiger partial charge in [-0.1, -0.05) is 36.4 Å². The number of hydrazone groups is 1. The molecule has 0 atom stereocenters. The summed E-state index contributed by atoms with van der Waals surface area (Å²) in [5.74, 6) is -1.08. The summed E-state index contributed by atoms with van der Waals surface area (Å²) in [5, 5.41) is 6.63. The first-order valence-corrected chi connectivity index (χ1v) is 13.1. The number of hydrogen-bond acceptors (Lipinski definition) is 6. The summed E-state index contributed by atoms with van der Waals surface area (Å²) in [4.78, 5) is 24.2. The number of ether oxygens (including phenoxy) is 1. The molecule has 9 nitrogen and oxygen atoms in total. The lowest BCUT2D eigenvalue weighted by Gasteiger charge is -2.21. The average Bonchev–Trinajstić information content (AvgIpc) is 2.87. The highest BCUT2D eigenvalue weighted by Crippen LogP contribution is 2.18. The molecule has 0 heterocycles. The number of halogens is 1. The number of sulfonamides is 1. The van der Waals surface area contributed by atoms with Gasteiger partial charge < -0.3 is 10.1 Å². The molecule has 2 amide bonds. The van der Waals surface area contributed by atoms with E-state index in [0.717, 1.165) is 28.6 Å². The van der Waals surface area contributed by atoms with Gasteiger partial charge in [0, 0.05) is 6.54 Å². The molecule has 0 saturated heterocycles. The molecule has 0 aliphatic carbocycles. The Morgan fingerprint density at radius 2 is 1.73 bits per heavy atom.